The predicted octanol–water partition coefficient (Wildman–Crippen LogP) is 6.99. The van der Waals surface area contributed by atoms with Crippen LogP contribution < -0.4 is 5.32 Å². The molecule has 1 amide bonds. The molecule has 31 heavy (non-hydrogen) atoms. The number of non-ortho nitro benzene ring substituents is 1. The Bertz CT molecular complexity index is 1440. The molecule has 0 aliphatic carbocycles. The second-order valence-corrected chi connectivity index (χ2v) is 9.10. The van der Waals surface area contributed by atoms with Gasteiger partial charge in [0.25, 0.3) is 11.6 Å². The highest BCUT2D eigenvalue weighted by Gasteiger charge is 2.22. The lowest BCUT2D eigenvalue weighted by atomic mass is 10.2. The fourth-order valence-electron chi connectivity index (χ4n) is 3.24. The minimum atomic E-state index is -0.475. The number of nitrogens with zero attached hydrogens (tertiary/aromatic N) is 2. The number of amides is 1. The molecular weight excluding hydrogens is 454 g/mol. The number of thiophene rings is 1. The van der Waals surface area contributed by atoms with Gasteiger partial charge in [0.1, 0.15) is 14.6 Å². The Morgan fingerprint density at radius 2 is 1.77 bits per heavy atom. The molecule has 6 nitrogen and oxygen atoms in total. The summed E-state index contributed by atoms with van der Waals surface area (Å²) in [5, 5.41) is 15.7. The van der Waals surface area contributed by atoms with Crippen LogP contribution in [0.15, 0.2) is 66.7 Å². The summed E-state index contributed by atoms with van der Waals surface area (Å²) in [7, 11) is 0. The van der Waals surface area contributed by atoms with Crippen molar-refractivity contribution in [1.29, 1.82) is 0 Å². The van der Waals surface area contributed by atoms with E-state index in [1.54, 1.807) is 35.6 Å². The van der Waals surface area contributed by atoms with E-state index in [9.17, 15) is 14.9 Å². The molecule has 2 heterocycles. The summed E-state index contributed by atoms with van der Waals surface area (Å²) in [6, 6.07) is 20.0. The van der Waals surface area contributed by atoms with E-state index in [2.05, 4.69) is 10.3 Å². The van der Waals surface area contributed by atoms with Crippen molar-refractivity contribution in [3.05, 3.63) is 86.7 Å². The van der Waals surface area contributed by atoms with Crippen LogP contribution in [0, 0.1) is 10.1 Å². The van der Waals surface area contributed by atoms with Crippen molar-refractivity contribution in [1.82, 2.24) is 4.98 Å². The zero-order valence-electron chi connectivity index (χ0n) is 15.7. The number of benzene rings is 3. The molecule has 5 aromatic rings. The number of carbonyl (C=O) groups excluding carboxylic acids is 1. The highest BCUT2D eigenvalue weighted by atomic mass is 35.5. The number of thiazole rings is 1. The molecule has 9 heteroatoms. The van der Waals surface area contributed by atoms with Crippen LogP contribution in [-0.2, 0) is 0 Å². The Labute approximate surface area is 188 Å². The molecule has 0 aliphatic heterocycles. The molecule has 0 spiro atoms. The number of para-hydroxylation sites is 1. The molecule has 2 aromatic heterocycles. The molecule has 0 bridgehead atoms. The van der Waals surface area contributed by atoms with Gasteiger partial charge in [-0.1, -0.05) is 35.9 Å². The first-order valence-corrected chi connectivity index (χ1v) is 11.1. The topological polar surface area (TPSA) is 85.1 Å². The van der Waals surface area contributed by atoms with Gasteiger partial charge >= 0.3 is 0 Å². The van der Waals surface area contributed by atoms with Crippen LogP contribution in [0.2, 0.25) is 5.02 Å². The van der Waals surface area contributed by atoms with Gasteiger partial charge < -0.3 is 5.32 Å². The molecule has 0 radical (unpaired) electrons. The number of carbonyl (C=O) groups is 1. The van der Waals surface area contributed by atoms with Gasteiger partial charge in [-0.15, -0.1) is 22.7 Å². The van der Waals surface area contributed by atoms with Crippen molar-refractivity contribution in [2.24, 2.45) is 0 Å². The summed E-state index contributed by atoms with van der Waals surface area (Å²) in [4.78, 5) is 28.5. The van der Waals surface area contributed by atoms with Crippen molar-refractivity contribution < 1.29 is 9.72 Å². The standard InChI is InChI=1S/C22H12ClN3O3S2/c23-18-14-4-3-6-16(26(28)29)19(14)31-20(18)21(27)24-13-10-8-12(9-11-13)22-25-15-5-1-2-7-17(15)30-22/h1-11H,(H,24,27). The second kappa shape index (κ2) is 7.73. The first-order valence-electron chi connectivity index (χ1n) is 9.14. The third kappa shape index (κ3) is 3.54. The number of halogens is 1. The van der Waals surface area contributed by atoms with Crippen molar-refractivity contribution >= 4 is 71.9 Å². The maximum atomic E-state index is 12.8. The number of hydrogen-bond donors (Lipinski definition) is 1. The predicted molar refractivity (Wildman–Crippen MR) is 126 cm³/mol. The number of fused-ring (bicyclic) bond motifs is 2. The molecule has 0 saturated heterocycles. The van der Waals surface area contributed by atoms with Crippen LogP contribution in [0.5, 0.6) is 0 Å². The average molecular weight is 466 g/mol. The number of nitrogens with one attached hydrogen (secondary N) is 1. The van der Waals surface area contributed by atoms with Crippen molar-refractivity contribution in [3.63, 3.8) is 0 Å². The van der Waals surface area contributed by atoms with E-state index in [-0.39, 0.29) is 15.6 Å². The normalized spacial score (nSPS) is 11.1. The van der Waals surface area contributed by atoms with E-state index in [1.165, 1.54) is 6.07 Å². The fourth-order valence-corrected chi connectivity index (χ4v) is 5.70. The molecule has 0 atom stereocenters. The van der Waals surface area contributed by atoms with Crippen LogP contribution in [0.4, 0.5) is 11.4 Å². The summed E-state index contributed by atoms with van der Waals surface area (Å²) in [5.74, 6) is -0.409. The van der Waals surface area contributed by atoms with Crippen molar-refractivity contribution in [2.75, 3.05) is 5.32 Å². The molecule has 0 fully saturated rings. The zero-order valence-corrected chi connectivity index (χ0v) is 18.1. The molecule has 0 unspecified atom stereocenters. The highest BCUT2D eigenvalue weighted by Crippen LogP contribution is 2.40. The van der Waals surface area contributed by atoms with E-state index in [4.69, 9.17) is 11.6 Å². The largest absolute Gasteiger partial charge is 0.321 e. The lowest BCUT2D eigenvalue weighted by molar-refractivity contribution is -0.382. The first kappa shape index (κ1) is 19.6. The van der Waals surface area contributed by atoms with E-state index in [0.717, 1.165) is 32.1 Å². The van der Waals surface area contributed by atoms with E-state index in [0.29, 0.717) is 15.8 Å². The second-order valence-electron chi connectivity index (χ2n) is 6.67. The first-order chi connectivity index (χ1) is 15.0. The van der Waals surface area contributed by atoms with Gasteiger partial charge in [0.2, 0.25) is 0 Å². The molecule has 1 N–H and O–H groups in total. The SMILES string of the molecule is O=C(Nc1ccc(-c2nc3ccccc3s2)cc1)c1sc2c([N+](=O)[O-])cccc2c1Cl. The van der Waals surface area contributed by atoms with Crippen LogP contribution in [-0.4, -0.2) is 15.8 Å². The number of aromatic nitrogens is 1. The van der Waals surface area contributed by atoms with Crippen molar-refractivity contribution in [2.45, 2.75) is 0 Å². The highest BCUT2D eigenvalue weighted by molar-refractivity contribution is 7.22. The number of nitro benzene ring substituents is 1. The minimum Gasteiger partial charge on any atom is -0.321 e. The quantitative estimate of drug-likeness (QED) is 0.229. The van der Waals surface area contributed by atoms with Gasteiger partial charge in [0.05, 0.1) is 20.2 Å². The van der Waals surface area contributed by atoms with Crippen LogP contribution in [0.25, 0.3) is 30.9 Å². The van der Waals surface area contributed by atoms with E-state index < -0.39 is 10.8 Å². The van der Waals surface area contributed by atoms with Gasteiger partial charge in [-0.25, -0.2) is 4.98 Å². The number of nitro groups is 1. The molecule has 5 rings (SSSR count). The number of hydrogen-bond acceptors (Lipinski definition) is 6. The summed E-state index contributed by atoms with van der Waals surface area (Å²) in [5.41, 5.74) is 2.43. The minimum absolute atomic E-state index is 0.0661. The summed E-state index contributed by atoms with van der Waals surface area (Å²) in [6.07, 6.45) is 0. The summed E-state index contributed by atoms with van der Waals surface area (Å²) in [6.45, 7) is 0. The molecule has 0 saturated carbocycles. The monoisotopic (exact) mass is 465 g/mol. The third-order valence-corrected chi connectivity index (χ3v) is 7.54. The summed E-state index contributed by atoms with van der Waals surface area (Å²) >= 11 is 8.98. The molecule has 0 aliphatic rings. The number of rotatable bonds is 4. The smallest absolute Gasteiger partial charge is 0.287 e. The van der Waals surface area contributed by atoms with Gasteiger partial charge in [-0.05, 0) is 36.4 Å². The molecular formula is C22H12ClN3O3S2. The Morgan fingerprint density at radius 1 is 1.00 bits per heavy atom. The van der Waals surface area contributed by atoms with E-state index >= 15 is 0 Å². The van der Waals surface area contributed by atoms with Crippen molar-refractivity contribution in [3.8, 4) is 10.6 Å². The van der Waals surface area contributed by atoms with Crippen LogP contribution in [0.3, 0.4) is 0 Å². The molecule has 152 valence electrons. The Hall–Kier alpha value is -3.33. The lowest BCUT2D eigenvalue weighted by Crippen LogP contribution is -2.10. The fraction of sp³-hybridized carbons (Fsp3) is 0. The van der Waals surface area contributed by atoms with E-state index in [1.807, 2.05) is 36.4 Å². The Kier molecular flexibility index (Phi) is 4.90. The van der Waals surface area contributed by atoms with Gasteiger partial charge in [0, 0.05) is 22.7 Å². The van der Waals surface area contributed by atoms with Gasteiger partial charge in [-0.2, -0.15) is 0 Å². The Balaban J connectivity index is 1.41. The maximum Gasteiger partial charge on any atom is 0.287 e. The van der Waals surface area contributed by atoms with Gasteiger partial charge in [0.15, 0.2) is 0 Å². The maximum absolute atomic E-state index is 12.8. The third-order valence-electron chi connectivity index (χ3n) is 4.72. The summed E-state index contributed by atoms with van der Waals surface area (Å²) < 4.78 is 1.50. The zero-order chi connectivity index (χ0) is 21.5. The average Bonchev–Trinajstić information content (AvgIpc) is 3.35. The van der Waals surface area contributed by atoms with Crippen LogP contribution >= 0.6 is 34.3 Å². The lowest BCUT2D eigenvalue weighted by Gasteiger charge is -2.05. The Morgan fingerprint density at radius 3 is 2.52 bits per heavy atom. The van der Waals surface area contributed by atoms with Gasteiger partial charge in [-0.3, -0.25) is 14.9 Å². The number of anilines is 1. The van der Waals surface area contributed by atoms with Crippen LogP contribution in [0.1, 0.15) is 9.67 Å². The molecule has 3 aromatic carbocycles.